The average molecular weight is 244 g/mol. The maximum Gasteiger partial charge on any atom is 0.127 e. The van der Waals surface area contributed by atoms with Crippen LogP contribution in [-0.2, 0) is 0 Å². The largest absolute Gasteiger partial charge is 0.385 e. The molecule has 70 valence electrons. The van der Waals surface area contributed by atoms with Gasteiger partial charge in [0.15, 0.2) is 0 Å². The van der Waals surface area contributed by atoms with Gasteiger partial charge in [-0.1, -0.05) is 22.0 Å². The van der Waals surface area contributed by atoms with Crippen LogP contribution in [0, 0.1) is 0 Å². The second-order valence-electron chi connectivity index (χ2n) is 3.27. The molecule has 1 N–H and O–H groups in total. The Balaban J connectivity index is 2.42. The average Bonchev–Trinajstić information content (AvgIpc) is 2.28. The second kappa shape index (κ2) is 3.66. The summed E-state index contributed by atoms with van der Waals surface area (Å²) >= 11 is 3.37. The Morgan fingerprint density at radius 1 is 1.46 bits per heavy atom. The van der Waals surface area contributed by atoms with E-state index in [1.165, 1.54) is 0 Å². The highest BCUT2D eigenvalue weighted by Crippen LogP contribution is 2.33. The molecule has 1 aliphatic heterocycles. The fourth-order valence-electron chi connectivity index (χ4n) is 1.61. The van der Waals surface area contributed by atoms with E-state index in [0.29, 0.717) is 6.42 Å². The molecular weight excluding hydrogens is 233 g/mol. The first kappa shape index (κ1) is 9.00. The number of hydrogen-bond acceptors (Lipinski definition) is 1. The minimum atomic E-state index is -0.807. The number of nitrogens with one attached hydrogen (secondary N) is 1. The molecule has 0 fully saturated rings. The first-order valence-electron chi connectivity index (χ1n) is 4.45. The monoisotopic (exact) mass is 243 g/mol. The fourth-order valence-corrected chi connectivity index (χ4v) is 1.98. The SMILES string of the molecule is FC1CCCNc2cc(Br)ccc21. The predicted octanol–water partition coefficient (Wildman–Crippen LogP) is 3.67. The van der Waals surface area contributed by atoms with E-state index >= 15 is 0 Å². The van der Waals surface area contributed by atoms with Crippen molar-refractivity contribution in [1.29, 1.82) is 0 Å². The van der Waals surface area contributed by atoms with Gasteiger partial charge in [-0.25, -0.2) is 4.39 Å². The lowest BCUT2D eigenvalue weighted by molar-refractivity contribution is 0.324. The molecule has 0 amide bonds. The van der Waals surface area contributed by atoms with E-state index < -0.39 is 6.17 Å². The summed E-state index contributed by atoms with van der Waals surface area (Å²) in [5.74, 6) is 0. The molecule has 3 heteroatoms. The van der Waals surface area contributed by atoms with Crippen molar-refractivity contribution in [3.8, 4) is 0 Å². The van der Waals surface area contributed by atoms with E-state index in [4.69, 9.17) is 0 Å². The van der Waals surface area contributed by atoms with E-state index in [0.717, 1.165) is 28.7 Å². The quantitative estimate of drug-likeness (QED) is 0.734. The summed E-state index contributed by atoms with van der Waals surface area (Å²) < 4.78 is 14.5. The van der Waals surface area contributed by atoms with Crippen LogP contribution < -0.4 is 5.32 Å². The Hall–Kier alpha value is -0.570. The van der Waals surface area contributed by atoms with E-state index in [1.54, 1.807) is 0 Å². The van der Waals surface area contributed by atoms with Gasteiger partial charge >= 0.3 is 0 Å². The van der Waals surface area contributed by atoms with Crippen LogP contribution in [0.1, 0.15) is 24.6 Å². The van der Waals surface area contributed by atoms with Gasteiger partial charge in [-0.05, 0) is 25.0 Å². The minimum absolute atomic E-state index is 0.627. The summed E-state index contributed by atoms with van der Waals surface area (Å²) in [6.07, 6.45) is 0.716. The zero-order valence-electron chi connectivity index (χ0n) is 7.19. The van der Waals surface area contributed by atoms with Gasteiger partial charge in [0.1, 0.15) is 6.17 Å². The molecule has 0 spiro atoms. The molecule has 0 aromatic heterocycles. The van der Waals surface area contributed by atoms with Crippen molar-refractivity contribution in [1.82, 2.24) is 0 Å². The first-order chi connectivity index (χ1) is 6.27. The van der Waals surface area contributed by atoms with Gasteiger partial charge in [-0.2, -0.15) is 0 Å². The van der Waals surface area contributed by atoms with Crippen LogP contribution in [0.3, 0.4) is 0 Å². The Morgan fingerprint density at radius 2 is 2.31 bits per heavy atom. The summed E-state index contributed by atoms with van der Waals surface area (Å²) in [5, 5.41) is 3.23. The molecule has 1 aromatic rings. The van der Waals surface area contributed by atoms with E-state index in [-0.39, 0.29) is 0 Å². The Kier molecular flexibility index (Phi) is 2.54. The lowest BCUT2D eigenvalue weighted by atomic mass is 10.1. The lowest BCUT2D eigenvalue weighted by Gasteiger charge is -2.09. The van der Waals surface area contributed by atoms with Crippen LogP contribution in [0.15, 0.2) is 22.7 Å². The highest BCUT2D eigenvalue weighted by atomic mass is 79.9. The molecule has 0 saturated carbocycles. The van der Waals surface area contributed by atoms with E-state index in [2.05, 4.69) is 21.2 Å². The molecule has 1 atom stereocenters. The molecular formula is C10H11BrFN. The molecule has 1 aromatic carbocycles. The standard InChI is InChI=1S/C10H11BrFN/c11-7-3-4-8-9(12)2-1-5-13-10(8)6-7/h3-4,6,9,13H,1-2,5H2. The zero-order chi connectivity index (χ0) is 9.26. The number of fused-ring (bicyclic) bond motifs is 1. The number of benzene rings is 1. The smallest absolute Gasteiger partial charge is 0.127 e. The third kappa shape index (κ3) is 1.85. The molecule has 13 heavy (non-hydrogen) atoms. The minimum Gasteiger partial charge on any atom is -0.385 e. The first-order valence-corrected chi connectivity index (χ1v) is 5.24. The molecule has 0 bridgehead atoms. The van der Waals surface area contributed by atoms with Gasteiger partial charge in [-0.15, -0.1) is 0 Å². The molecule has 1 unspecified atom stereocenters. The number of halogens is 2. The van der Waals surface area contributed by atoms with Crippen LogP contribution in [0.25, 0.3) is 0 Å². The Bertz CT molecular complexity index is 314. The summed E-state index contributed by atoms with van der Waals surface area (Å²) in [7, 11) is 0. The number of rotatable bonds is 0. The maximum atomic E-state index is 13.5. The topological polar surface area (TPSA) is 12.0 Å². The zero-order valence-corrected chi connectivity index (χ0v) is 8.77. The van der Waals surface area contributed by atoms with Crippen LogP contribution in [-0.4, -0.2) is 6.54 Å². The van der Waals surface area contributed by atoms with Crippen LogP contribution in [0.5, 0.6) is 0 Å². The summed E-state index contributed by atoms with van der Waals surface area (Å²) in [6.45, 7) is 0.865. The van der Waals surface area contributed by atoms with Crippen molar-refractivity contribution in [3.63, 3.8) is 0 Å². The Labute approximate surface area is 85.5 Å². The van der Waals surface area contributed by atoms with E-state index in [1.807, 2.05) is 18.2 Å². The van der Waals surface area contributed by atoms with Crippen molar-refractivity contribution in [2.24, 2.45) is 0 Å². The molecule has 1 heterocycles. The third-order valence-corrected chi connectivity index (χ3v) is 2.80. The molecule has 0 aliphatic carbocycles. The number of alkyl halides is 1. The van der Waals surface area contributed by atoms with Crippen molar-refractivity contribution in [3.05, 3.63) is 28.2 Å². The highest BCUT2D eigenvalue weighted by molar-refractivity contribution is 9.10. The molecule has 2 rings (SSSR count). The van der Waals surface area contributed by atoms with Crippen molar-refractivity contribution < 1.29 is 4.39 Å². The molecule has 0 saturated heterocycles. The second-order valence-corrected chi connectivity index (χ2v) is 4.18. The van der Waals surface area contributed by atoms with Crippen LogP contribution in [0.4, 0.5) is 10.1 Å². The van der Waals surface area contributed by atoms with Crippen molar-refractivity contribution >= 4 is 21.6 Å². The molecule has 1 aliphatic rings. The molecule has 0 radical (unpaired) electrons. The Morgan fingerprint density at radius 3 is 3.15 bits per heavy atom. The van der Waals surface area contributed by atoms with Gasteiger partial charge in [0.25, 0.3) is 0 Å². The summed E-state index contributed by atoms with van der Waals surface area (Å²) in [5.41, 5.74) is 1.72. The molecule has 1 nitrogen and oxygen atoms in total. The fraction of sp³-hybridized carbons (Fsp3) is 0.400. The summed E-state index contributed by atoms with van der Waals surface area (Å²) in [6, 6.07) is 5.67. The van der Waals surface area contributed by atoms with Gasteiger partial charge in [-0.3, -0.25) is 0 Å². The summed E-state index contributed by atoms with van der Waals surface area (Å²) in [4.78, 5) is 0. The van der Waals surface area contributed by atoms with Gasteiger partial charge in [0.2, 0.25) is 0 Å². The number of anilines is 1. The van der Waals surface area contributed by atoms with Crippen LogP contribution in [0.2, 0.25) is 0 Å². The normalized spacial score (nSPS) is 21.5. The van der Waals surface area contributed by atoms with Gasteiger partial charge in [0.05, 0.1) is 0 Å². The van der Waals surface area contributed by atoms with Crippen molar-refractivity contribution in [2.75, 3.05) is 11.9 Å². The predicted molar refractivity (Wildman–Crippen MR) is 55.7 cm³/mol. The maximum absolute atomic E-state index is 13.5. The highest BCUT2D eigenvalue weighted by Gasteiger charge is 2.17. The lowest BCUT2D eigenvalue weighted by Crippen LogP contribution is -1.99. The van der Waals surface area contributed by atoms with Crippen LogP contribution >= 0.6 is 15.9 Å². The van der Waals surface area contributed by atoms with Gasteiger partial charge < -0.3 is 5.32 Å². The van der Waals surface area contributed by atoms with Crippen molar-refractivity contribution in [2.45, 2.75) is 19.0 Å². The number of hydrogen-bond donors (Lipinski definition) is 1. The third-order valence-electron chi connectivity index (χ3n) is 2.30. The van der Waals surface area contributed by atoms with E-state index in [9.17, 15) is 4.39 Å². The van der Waals surface area contributed by atoms with Gasteiger partial charge in [0, 0.05) is 22.3 Å².